The highest BCUT2D eigenvalue weighted by atomic mass is 19.3. The fraction of sp³-hybridized carbons (Fsp3) is 0.484. The monoisotopic (exact) mass is 571 g/mol. The topological polar surface area (TPSA) is 76.3 Å². The Kier molecular flexibility index (Phi) is 7.89. The molecule has 0 radical (unpaired) electrons. The van der Waals surface area contributed by atoms with Gasteiger partial charge in [-0.25, -0.2) is 17.6 Å². The Hall–Kier alpha value is -3.40. The predicted octanol–water partition coefficient (Wildman–Crippen LogP) is 6.79. The van der Waals surface area contributed by atoms with Crippen LogP contribution in [0.1, 0.15) is 75.0 Å². The molecule has 0 unspecified atom stereocenters. The standard InChI is InChI=1S/C31H33F4N3O3/c1-29(2,28-5-3-4-12-36-28)15-22(39)16-30(18-38(19-30)21-8-10-31(34,35)11-9-21)17-26(40)25-14-27(41-37-25)23-7-6-20(32)13-24(23)33/h3-7,12-14,21H,8-11,15-19H2,1-2H3. The summed E-state index contributed by atoms with van der Waals surface area (Å²) >= 11 is 0. The van der Waals surface area contributed by atoms with Gasteiger partial charge in [-0.3, -0.25) is 19.5 Å². The molecule has 2 aromatic heterocycles. The van der Waals surface area contributed by atoms with Gasteiger partial charge in [-0.15, -0.1) is 0 Å². The van der Waals surface area contributed by atoms with Crippen LogP contribution in [0, 0.1) is 17.0 Å². The van der Waals surface area contributed by atoms with E-state index in [1.54, 1.807) is 6.20 Å². The van der Waals surface area contributed by atoms with Gasteiger partial charge in [-0.1, -0.05) is 25.1 Å². The van der Waals surface area contributed by atoms with Crippen molar-refractivity contribution in [2.24, 2.45) is 5.41 Å². The first kappa shape index (κ1) is 29.1. The summed E-state index contributed by atoms with van der Waals surface area (Å²) < 4.78 is 60.3. The van der Waals surface area contributed by atoms with E-state index >= 15 is 0 Å². The molecule has 3 aromatic rings. The van der Waals surface area contributed by atoms with Gasteiger partial charge in [0.25, 0.3) is 0 Å². The van der Waals surface area contributed by atoms with Crippen molar-refractivity contribution in [2.45, 2.75) is 76.2 Å². The van der Waals surface area contributed by atoms with Gasteiger partial charge >= 0.3 is 0 Å². The van der Waals surface area contributed by atoms with Crippen LogP contribution in [0.25, 0.3) is 11.3 Å². The zero-order valence-corrected chi connectivity index (χ0v) is 23.1. The van der Waals surface area contributed by atoms with Crippen molar-refractivity contribution in [1.29, 1.82) is 0 Å². The average molecular weight is 572 g/mol. The number of likely N-dealkylation sites (tertiary alicyclic amines) is 1. The molecule has 218 valence electrons. The van der Waals surface area contributed by atoms with Crippen LogP contribution < -0.4 is 0 Å². The fourth-order valence-corrected chi connectivity index (χ4v) is 6.23. The molecule has 0 amide bonds. The zero-order chi connectivity index (χ0) is 29.4. The Balaban J connectivity index is 1.31. The van der Waals surface area contributed by atoms with Crippen LogP contribution in [0.2, 0.25) is 0 Å². The van der Waals surface area contributed by atoms with E-state index in [2.05, 4.69) is 15.0 Å². The third-order valence-electron chi connectivity index (χ3n) is 8.38. The number of benzene rings is 1. The zero-order valence-electron chi connectivity index (χ0n) is 23.1. The van der Waals surface area contributed by atoms with Crippen LogP contribution in [-0.2, 0) is 10.2 Å². The van der Waals surface area contributed by atoms with Crippen LogP contribution in [-0.4, -0.2) is 51.7 Å². The van der Waals surface area contributed by atoms with Gasteiger partial charge < -0.3 is 4.52 Å². The van der Waals surface area contributed by atoms with Crippen LogP contribution >= 0.6 is 0 Å². The van der Waals surface area contributed by atoms with Crippen molar-refractivity contribution in [3.05, 3.63) is 71.7 Å². The third-order valence-corrected chi connectivity index (χ3v) is 8.38. The SMILES string of the molecule is CC(C)(CC(=O)CC1(CC(=O)c2cc(-c3ccc(F)cc3F)on2)CN(C2CCC(F)(F)CC2)C1)c1ccccn1. The molecule has 1 aliphatic carbocycles. The molecular formula is C31H33F4N3O3. The summed E-state index contributed by atoms with van der Waals surface area (Å²) in [6.45, 7) is 4.77. The van der Waals surface area contributed by atoms with Gasteiger partial charge in [0, 0.05) is 86.1 Å². The minimum Gasteiger partial charge on any atom is -0.355 e. The van der Waals surface area contributed by atoms with E-state index in [1.165, 1.54) is 12.1 Å². The normalized spacial score (nSPS) is 19.1. The maximum absolute atomic E-state index is 14.2. The van der Waals surface area contributed by atoms with Crippen molar-refractivity contribution in [1.82, 2.24) is 15.0 Å². The number of carbonyl (C=O) groups is 2. The number of aromatic nitrogens is 2. The van der Waals surface area contributed by atoms with E-state index in [-0.39, 0.29) is 66.7 Å². The first-order valence-electron chi connectivity index (χ1n) is 13.9. The van der Waals surface area contributed by atoms with E-state index in [0.717, 1.165) is 17.8 Å². The summed E-state index contributed by atoms with van der Waals surface area (Å²) in [4.78, 5) is 33.3. The number of Topliss-reactive ketones (excluding diaryl/α,β-unsaturated/α-hetero) is 2. The molecule has 0 N–H and O–H groups in total. The molecule has 5 rings (SSSR count). The lowest BCUT2D eigenvalue weighted by molar-refractivity contribution is -0.129. The van der Waals surface area contributed by atoms with Crippen LogP contribution in [0.15, 0.2) is 53.2 Å². The van der Waals surface area contributed by atoms with E-state index in [0.29, 0.717) is 25.9 Å². The molecule has 41 heavy (non-hydrogen) atoms. The molecule has 0 spiro atoms. The van der Waals surface area contributed by atoms with Crippen LogP contribution in [0.3, 0.4) is 0 Å². The van der Waals surface area contributed by atoms with Gasteiger partial charge in [0.05, 0.1) is 5.56 Å². The Morgan fingerprint density at radius 2 is 1.78 bits per heavy atom. The number of ketones is 2. The van der Waals surface area contributed by atoms with Crippen molar-refractivity contribution < 1.29 is 31.7 Å². The second-order valence-electron chi connectivity index (χ2n) is 12.3. The number of pyridine rings is 1. The van der Waals surface area contributed by atoms with Crippen molar-refractivity contribution in [3.63, 3.8) is 0 Å². The highest BCUT2D eigenvalue weighted by Gasteiger charge is 2.50. The second kappa shape index (κ2) is 11.1. The molecule has 10 heteroatoms. The maximum Gasteiger partial charge on any atom is 0.248 e. The summed E-state index contributed by atoms with van der Waals surface area (Å²) in [5.41, 5.74) is -0.444. The molecule has 1 saturated heterocycles. The number of nitrogens with zero attached hydrogens (tertiary/aromatic N) is 3. The van der Waals surface area contributed by atoms with Crippen molar-refractivity contribution in [3.8, 4) is 11.3 Å². The molecule has 3 heterocycles. The summed E-state index contributed by atoms with van der Waals surface area (Å²) in [5, 5.41) is 3.83. The highest BCUT2D eigenvalue weighted by Crippen LogP contribution is 2.45. The van der Waals surface area contributed by atoms with Gasteiger partial charge in [0.1, 0.15) is 23.1 Å². The Morgan fingerprint density at radius 1 is 1.05 bits per heavy atom. The summed E-state index contributed by atoms with van der Waals surface area (Å²) in [5.74, 6) is -4.62. The summed E-state index contributed by atoms with van der Waals surface area (Å²) in [6.07, 6.45) is 2.46. The molecule has 0 bridgehead atoms. The molecule has 1 aliphatic heterocycles. The smallest absolute Gasteiger partial charge is 0.248 e. The van der Waals surface area contributed by atoms with Crippen molar-refractivity contribution in [2.75, 3.05) is 13.1 Å². The largest absolute Gasteiger partial charge is 0.355 e. The lowest BCUT2D eigenvalue weighted by Gasteiger charge is -2.54. The molecular weight excluding hydrogens is 538 g/mol. The van der Waals surface area contributed by atoms with Crippen LogP contribution in [0.5, 0.6) is 0 Å². The number of hydrogen-bond donors (Lipinski definition) is 0. The Labute approximate surface area is 236 Å². The molecule has 0 atom stereocenters. The van der Waals surface area contributed by atoms with E-state index in [1.807, 2.05) is 32.0 Å². The second-order valence-corrected chi connectivity index (χ2v) is 12.3. The average Bonchev–Trinajstić information content (AvgIpc) is 3.37. The third kappa shape index (κ3) is 6.58. The van der Waals surface area contributed by atoms with Gasteiger partial charge in [0.2, 0.25) is 5.92 Å². The number of carbonyl (C=O) groups excluding carboxylic acids is 2. The van der Waals surface area contributed by atoms with E-state index < -0.39 is 28.4 Å². The number of halogens is 4. The van der Waals surface area contributed by atoms with Gasteiger partial charge in [-0.2, -0.15) is 0 Å². The Bertz CT molecular complexity index is 1410. The molecule has 6 nitrogen and oxygen atoms in total. The maximum atomic E-state index is 14.2. The summed E-state index contributed by atoms with van der Waals surface area (Å²) in [7, 11) is 0. The van der Waals surface area contributed by atoms with E-state index in [9.17, 15) is 27.2 Å². The fourth-order valence-electron chi connectivity index (χ4n) is 6.23. The number of alkyl halides is 2. The molecule has 2 fully saturated rings. The van der Waals surface area contributed by atoms with Gasteiger partial charge in [0.15, 0.2) is 11.5 Å². The first-order chi connectivity index (χ1) is 19.3. The predicted molar refractivity (Wildman–Crippen MR) is 144 cm³/mol. The minimum atomic E-state index is -2.64. The molecule has 1 saturated carbocycles. The van der Waals surface area contributed by atoms with Gasteiger partial charge in [-0.05, 0) is 37.1 Å². The molecule has 1 aromatic carbocycles. The number of rotatable bonds is 10. The van der Waals surface area contributed by atoms with E-state index in [4.69, 9.17) is 4.52 Å². The van der Waals surface area contributed by atoms with Crippen LogP contribution in [0.4, 0.5) is 17.6 Å². The first-order valence-corrected chi connectivity index (χ1v) is 13.9. The Morgan fingerprint density at radius 3 is 2.44 bits per heavy atom. The van der Waals surface area contributed by atoms with Crippen molar-refractivity contribution >= 4 is 11.6 Å². The minimum absolute atomic E-state index is 0.00000852. The number of hydrogen-bond acceptors (Lipinski definition) is 6. The summed E-state index contributed by atoms with van der Waals surface area (Å²) in [6, 6.07) is 9.87. The highest BCUT2D eigenvalue weighted by molar-refractivity contribution is 5.96. The molecule has 2 aliphatic rings. The quantitative estimate of drug-likeness (QED) is 0.197. The lowest BCUT2D eigenvalue weighted by atomic mass is 9.68. The lowest BCUT2D eigenvalue weighted by Crippen LogP contribution is -2.62.